The lowest BCUT2D eigenvalue weighted by atomic mass is 10.1. The number of carbonyl (C=O) groups is 1. The normalized spacial score (nSPS) is 11.9. The molecule has 8 nitrogen and oxygen atoms in total. The Morgan fingerprint density at radius 2 is 1.84 bits per heavy atom. The number of nitrogens with zero attached hydrogens (tertiary/aromatic N) is 5. The minimum Gasteiger partial charge on any atom is -0.364 e. The third-order valence-electron chi connectivity index (χ3n) is 4.60. The van der Waals surface area contributed by atoms with Gasteiger partial charge in [-0.05, 0) is 41.8 Å². The molecule has 168 valence electrons. The summed E-state index contributed by atoms with van der Waals surface area (Å²) in [5, 5.41) is 12.0. The molecule has 0 bridgehead atoms. The summed E-state index contributed by atoms with van der Waals surface area (Å²) in [5.41, 5.74) is 2.98. The summed E-state index contributed by atoms with van der Waals surface area (Å²) in [6.45, 7) is 10.1. The zero-order chi connectivity index (χ0) is 22.8. The van der Waals surface area contributed by atoms with E-state index in [-0.39, 0.29) is 18.0 Å². The van der Waals surface area contributed by atoms with Crippen molar-refractivity contribution in [2.24, 2.45) is 0 Å². The first-order chi connectivity index (χ1) is 14.5. The Balaban J connectivity index is 1.86. The van der Waals surface area contributed by atoms with Gasteiger partial charge < -0.3 is 20.4 Å². The van der Waals surface area contributed by atoms with Gasteiger partial charge in [0.1, 0.15) is 5.69 Å². The zero-order valence-corrected chi connectivity index (χ0v) is 20.3. The number of rotatable bonds is 8. The topological polar surface area (TPSA) is 77.8 Å². The highest BCUT2D eigenvalue weighted by molar-refractivity contribution is 7.20. The van der Waals surface area contributed by atoms with Crippen LogP contribution in [0.1, 0.15) is 26.3 Å². The van der Waals surface area contributed by atoms with E-state index in [4.69, 9.17) is 10.1 Å². The summed E-state index contributed by atoms with van der Waals surface area (Å²) in [5.74, 6) is 0.836. The third-order valence-corrected chi connectivity index (χ3v) is 5.62. The van der Waals surface area contributed by atoms with E-state index < -0.39 is 0 Å². The van der Waals surface area contributed by atoms with Crippen LogP contribution < -0.4 is 15.5 Å². The number of anilines is 2. The molecule has 1 amide bonds. The van der Waals surface area contributed by atoms with Gasteiger partial charge in [-0.15, -0.1) is 5.10 Å². The molecule has 0 fully saturated rings. The van der Waals surface area contributed by atoms with Gasteiger partial charge in [-0.1, -0.05) is 41.2 Å². The van der Waals surface area contributed by atoms with Crippen molar-refractivity contribution >= 4 is 33.2 Å². The van der Waals surface area contributed by atoms with Gasteiger partial charge >= 0.3 is 0 Å². The van der Waals surface area contributed by atoms with E-state index in [1.165, 1.54) is 16.9 Å². The smallest absolute Gasteiger partial charge is 0.239 e. The summed E-state index contributed by atoms with van der Waals surface area (Å²) in [6, 6.07) is 8.35. The first kappa shape index (κ1) is 23.0. The molecule has 0 aliphatic carbocycles. The van der Waals surface area contributed by atoms with Crippen molar-refractivity contribution in [2.45, 2.75) is 33.2 Å². The van der Waals surface area contributed by atoms with E-state index in [2.05, 4.69) is 62.6 Å². The van der Waals surface area contributed by atoms with Crippen molar-refractivity contribution in [3.8, 4) is 11.3 Å². The summed E-state index contributed by atoms with van der Waals surface area (Å²) in [4.78, 5) is 21.8. The van der Waals surface area contributed by atoms with Gasteiger partial charge in [-0.2, -0.15) is 4.52 Å². The summed E-state index contributed by atoms with van der Waals surface area (Å²) < 4.78 is 1.85. The van der Waals surface area contributed by atoms with E-state index in [1.807, 2.05) is 35.5 Å². The molecule has 3 aromatic rings. The molecule has 1 aromatic carbocycles. The fourth-order valence-corrected chi connectivity index (χ4v) is 3.89. The number of imidazole rings is 1. The van der Waals surface area contributed by atoms with Gasteiger partial charge in [0.05, 0.1) is 6.54 Å². The summed E-state index contributed by atoms with van der Waals surface area (Å²) in [6.07, 6.45) is 0. The summed E-state index contributed by atoms with van der Waals surface area (Å²) in [7, 11) is 5.84. The monoisotopic (exact) mass is 443 g/mol. The van der Waals surface area contributed by atoms with Crippen molar-refractivity contribution in [2.75, 3.05) is 51.0 Å². The second-order valence-corrected chi connectivity index (χ2v) is 10.1. The van der Waals surface area contributed by atoms with Crippen LogP contribution in [-0.2, 0) is 4.79 Å². The Kier molecular flexibility index (Phi) is 6.86. The Morgan fingerprint density at radius 1 is 1.16 bits per heavy atom. The molecule has 31 heavy (non-hydrogen) atoms. The van der Waals surface area contributed by atoms with Gasteiger partial charge in [0.15, 0.2) is 5.82 Å². The van der Waals surface area contributed by atoms with E-state index in [0.717, 1.165) is 33.7 Å². The number of benzene rings is 1. The van der Waals surface area contributed by atoms with E-state index in [1.54, 1.807) is 0 Å². The molecule has 0 spiro atoms. The van der Waals surface area contributed by atoms with Gasteiger partial charge in [0.2, 0.25) is 16.0 Å². The zero-order valence-electron chi connectivity index (χ0n) is 19.5. The molecule has 0 atom stereocenters. The highest BCUT2D eigenvalue weighted by Crippen LogP contribution is 2.34. The van der Waals surface area contributed by atoms with Crippen molar-refractivity contribution < 1.29 is 4.79 Å². The lowest BCUT2D eigenvalue weighted by Crippen LogP contribution is -2.38. The largest absolute Gasteiger partial charge is 0.364 e. The number of aryl methyl sites for hydroxylation is 1. The van der Waals surface area contributed by atoms with E-state index in [9.17, 15) is 4.79 Å². The number of amides is 1. The fraction of sp³-hybridized carbons (Fsp3) is 0.500. The van der Waals surface area contributed by atoms with Gasteiger partial charge in [0, 0.05) is 31.2 Å². The van der Waals surface area contributed by atoms with Crippen molar-refractivity contribution in [3.05, 3.63) is 29.8 Å². The molecule has 2 heterocycles. The maximum Gasteiger partial charge on any atom is 0.239 e. The van der Waals surface area contributed by atoms with Crippen molar-refractivity contribution in [3.63, 3.8) is 0 Å². The predicted molar refractivity (Wildman–Crippen MR) is 129 cm³/mol. The van der Waals surface area contributed by atoms with Crippen molar-refractivity contribution in [1.29, 1.82) is 0 Å². The average Bonchev–Trinajstić information content (AvgIpc) is 3.20. The van der Waals surface area contributed by atoms with Crippen LogP contribution in [0.4, 0.5) is 10.9 Å². The lowest BCUT2D eigenvalue weighted by Gasteiger charge is -2.22. The Labute approximate surface area is 188 Å². The molecule has 3 rings (SSSR count). The number of carbonyl (C=O) groups excluding carboxylic acids is 1. The molecule has 2 aromatic heterocycles. The molecule has 0 saturated heterocycles. The SMILES string of the molecule is Cc1ccc(-c2nc3sc(N(C)CC(=O)NCCN(C)C)nn3c2NC(C)(C)C)cc1. The fourth-order valence-electron chi connectivity index (χ4n) is 3.03. The highest BCUT2D eigenvalue weighted by Gasteiger charge is 2.23. The Bertz CT molecular complexity index is 1030. The second-order valence-electron chi connectivity index (χ2n) is 9.14. The number of hydrogen-bond acceptors (Lipinski definition) is 7. The van der Waals surface area contributed by atoms with Crippen molar-refractivity contribution in [1.82, 2.24) is 24.8 Å². The molecule has 2 N–H and O–H groups in total. The quantitative estimate of drug-likeness (QED) is 0.557. The standard InChI is InChI=1S/C22H33N7OS/c1-15-8-10-16(11-9-15)18-19(25-22(2,3)4)29-20(24-18)31-21(26-29)28(7)14-17(30)23-12-13-27(5)6/h8-11,25H,12-14H2,1-7H3,(H,23,30). The lowest BCUT2D eigenvalue weighted by molar-refractivity contribution is -0.119. The molecule has 0 saturated carbocycles. The van der Waals surface area contributed by atoms with E-state index in [0.29, 0.717) is 6.54 Å². The molecule has 9 heteroatoms. The number of hydrogen-bond donors (Lipinski definition) is 2. The molecular weight excluding hydrogens is 410 g/mol. The van der Waals surface area contributed by atoms with Crippen LogP contribution in [0.2, 0.25) is 0 Å². The maximum absolute atomic E-state index is 12.3. The predicted octanol–water partition coefficient (Wildman–Crippen LogP) is 3.09. The minimum absolute atomic E-state index is 0.0226. The average molecular weight is 444 g/mol. The van der Waals surface area contributed by atoms with E-state index >= 15 is 0 Å². The van der Waals surface area contributed by atoms with Crippen LogP contribution in [0.5, 0.6) is 0 Å². The Hall–Kier alpha value is -2.65. The molecule has 0 aliphatic rings. The number of aromatic nitrogens is 3. The molecular formula is C22H33N7OS. The van der Waals surface area contributed by atoms with Gasteiger partial charge in [0.25, 0.3) is 0 Å². The van der Waals surface area contributed by atoms with Crippen LogP contribution in [0.3, 0.4) is 0 Å². The number of nitrogens with one attached hydrogen (secondary N) is 2. The van der Waals surface area contributed by atoms with Crippen LogP contribution in [0.15, 0.2) is 24.3 Å². The molecule has 0 unspecified atom stereocenters. The van der Waals surface area contributed by atoms with Gasteiger partial charge in [-0.25, -0.2) is 4.98 Å². The maximum atomic E-state index is 12.3. The molecule has 0 aliphatic heterocycles. The number of likely N-dealkylation sites (N-methyl/N-ethyl adjacent to an activating group) is 2. The Morgan fingerprint density at radius 3 is 2.45 bits per heavy atom. The summed E-state index contributed by atoms with van der Waals surface area (Å²) >= 11 is 1.47. The van der Waals surface area contributed by atoms with Crippen LogP contribution in [0, 0.1) is 6.92 Å². The number of fused-ring (bicyclic) bond motifs is 1. The first-order valence-corrected chi connectivity index (χ1v) is 11.2. The van der Waals surface area contributed by atoms with Crippen LogP contribution >= 0.6 is 11.3 Å². The second kappa shape index (κ2) is 9.23. The minimum atomic E-state index is -0.155. The first-order valence-electron chi connectivity index (χ1n) is 10.4. The van der Waals surface area contributed by atoms with Gasteiger partial charge in [-0.3, -0.25) is 4.79 Å². The highest BCUT2D eigenvalue weighted by atomic mass is 32.1. The van der Waals surface area contributed by atoms with Crippen LogP contribution in [0.25, 0.3) is 16.2 Å². The third kappa shape index (κ3) is 5.95. The molecule has 0 radical (unpaired) electrons. The van der Waals surface area contributed by atoms with Crippen LogP contribution in [-0.4, -0.2) is 71.7 Å².